The van der Waals surface area contributed by atoms with Crippen molar-refractivity contribution in [3.63, 3.8) is 0 Å². The molecule has 0 fully saturated rings. The molecule has 0 aliphatic heterocycles. The van der Waals surface area contributed by atoms with Crippen LogP contribution in [0.2, 0.25) is 0 Å². The summed E-state index contributed by atoms with van der Waals surface area (Å²) in [5, 5.41) is 1.61. The second-order valence-corrected chi connectivity index (χ2v) is 4.59. The van der Waals surface area contributed by atoms with Gasteiger partial charge in [-0.25, -0.2) is 22.4 Å². The van der Waals surface area contributed by atoms with Crippen LogP contribution in [-0.4, -0.2) is 18.5 Å². The Morgan fingerprint density at radius 2 is 1.54 bits per heavy atom. The van der Waals surface area contributed by atoms with E-state index in [1.165, 1.54) is 24.3 Å². The van der Waals surface area contributed by atoms with Crippen LogP contribution in [0.25, 0.3) is 0 Å². The van der Waals surface area contributed by atoms with Gasteiger partial charge in [-0.2, -0.15) is 0 Å². The van der Waals surface area contributed by atoms with Gasteiger partial charge in [0.15, 0.2) is 29.9 Å². The van der Waals surface area contributed by atoms with Gasteiger partial charge >= 0.3 is 5.97 Å². The standard InChI is InChI=1S/C15H10F4N2O3/c16-9-5-10(17)13(19)14(12(9)18)21-11(22)6-24-15(23)7-1-3-8(20)4-2-7/h1-5H,6,20H2,(H,21,22). The maximum Gasteiger partial charge on any atom is 0.338 e. The van der Waals surface area contributed by atoms with Crippen molar-refractivity contribution in [2.24, 2.45) is 0 Å². The summed E-state index contributed by atoms with van der Waals surface area (Å²) < 4.78 is 57.4. The molecule has 24 heavy (non-hydrogen) atoms. The minimum absolute atomic E-state index is 0.00144. The number of nitrogens with one attached hydrogen (secondary N) is 1. The van der Waals surface area contributed by atoms with Crippen molar-refractivity contribution in [3.8, 4) is 0 Å². The van der Waals surface area contributed by atoms with Gasteiger partial charge in [-0.3, -0.25) is 4.79 Å². The molecule has 9 heteroatoms. The lowest BCUT2D eigenvalue weighted by molar-refractivity contribution is -0.119. The molecule has 0 bridgehead atoms. The molecule has 0 unspecified atom stereocenters. The van der Waals surface area contributed by atoms with E-state index in [1.54, 1.807) is 5.32 Å². The molecule has 3 N–H and O–H groups in total. The summed E-state index contributed by atoms with van der Waals surface area (Å²) in [6.07, 6.45) is 0. The molecule has 5 nitrogen and oxygen atoms in total. The molecule has 0 aliphatic rings. The van der Waals surface area contributed by atoms with E-state index >= 15 is 0 Å². The Balaban J connectivity index is 2.02. The number of nitrogen functional groups attached to an aromatic ring is 1. The Labute approximate surface area is 133 Å². The van der Waals surface area contributed by atoms with Crippen LogP contribution in [0.1, 0.15) is 10.4 Å². The quantitative estimate of drug-likeness (QED) is 0.387. The van der Waals surface area contributed by atoms with E-state index in [2.05, 4.69) is 4.74 Å². The third-order valence-corrected chi connectivity index (χ3v) is 2.86. The first-order valence-corrected chi connectivity index (χ1v) is 6.45. The van der Waals surface area contributed by atoms with Gasteiger partial charge in [0, 0.05) is 11.8 Å². The molecule has 0 saturated carbocycles. The Bertz CT molecular complexity index is 768. The van der Waals surface area contributed by atoms with Crippen molar-refractivity contribution in [3.05, 3.63) is 59.2 Å². The molecule has 0 aromatic heterocycles. The fourth-order valence-corrected chi connectivity index (χ4v) is 1.69. The lowest BCUT2D eigenvalue weighted by Gasteiger charge is -2.09. The molecular weight excluding hydrogens is 332 g/mol. The van der Waals surface area contributed by atoms with E-state index in [0.29, 0.717) is 5.69 Å². The Hall–Kier alpha value is -3.10. The number of nitrogens with two attached hydrogens (primary N) is 1. The molecule has 0 aliphatic carbocycles. The molecule has 0 saturated heterocycles. The molecule has 1 amide bonds. The van der Waals surface area contributed by atoms with Crippen molar-refractivity contribution < 1.29 is 31.9 Å². The number of benzene rings is 2. The SMILES string of the molecule is Nc1ccc(C(=O)OCC(=O)Nc2c(F)c(F)cc(F)c2F)cc1. The van der Waals surface area contributed by atoms with Gasteiger partial charge < -0.3 is 15.8 Å². The molecule has 0 atom stereocenters. The Morgan fingerprint density at radius 3 is 2.08 bits per heavy atom. The first-order valence-electron chi connectivity index (χ1n) is 6.45. The second kappa shape index (κ2) is 6.99. The average Bonchev–Trinajstić information content (AvgIpc) is 2.55. The maximum absolute atomic E-state index is 13.4. The van der Waals surface area contributed by atoms with Crippen molar-refractivity contribution >= 4 is 23.3 Å². The summed E-state index contributed by atoms with van der Waals surface area (Å²) in [6.45, 7) is -0.916. The highest BCUT2D eigenvalue weighted by molar-refractivity contribution is 5.95. The number of anilines is 2. The highest BCUT2D eigenvalue weighted by Gasteiger charge is 2.21. The summed E-state index contributed by atoms with van der Waals surface area (Å²) in [5.41, 5.74) is 4.63. The van der Waals surface area contributed by atoms with Crippen LogP contribution >= 0.6 is 0 Å². The summed E-state index contributed by atoms with van der Waals surface area (Å²) in [7, 11) is 0. The maximum atomic E-state index is 13.4. The Morgan fingerprint density at radius 1 is 1.00 bits per heavy atom. The van der Waals surface area contributed by atoms with Crippen LogP contribution in [-0.2, 0) is 9.53 Å². The zero-order valence-corrected chi connectivity index (χ0v) is 11.9. The predicted molar refractivity (Wildman–Crippen MR) is 76.0 cm³/mol. The van der Waals surface area contributed by atoms with Gasteiger partial charge in [-0.05, 0) is 24.3 Å². The van der Waals surface area contributed by atoms with Gasteiger partial charge in [0.05, 0.1) is 5.56 Å². The third kappa shape index (κ3) is 3.80. The average molecular weight is 342 g/mol. The number of hydrogen-bond donors (Lipinski definition) is 2. The first-order chi connectivity index (χ1) is 11.3. The minimum Gasteiger partial charge on any atom is -0.452 e. The third-order valence-electron chi connectivity index (χ3n) is 2.86. The lowest BCUT2D eigenvalue weighted by Crippen LogP contribution is -2.22. The predicted octanol–water partition coefficient (Wildman–Crippen LogP) is 2.62. The summed E-state index contributed by atoms with van der Waals surface area (Å²) in [6, 6.07) is 5.54. The van der Waals surface area contributed by atoms with Crippen molar-refractivity contribution in [2.45, 2.75) is 0 Å². The van der Waals surface area contributed by atoms with Crippen LogP contribution in [0, 0.1) is 23.3 Å². The van der Waals surface area contributed by atoms with Crippen LogP contribution in [0.4, 0.5) is 28.9 Å². The highest BCUT2D eigenvalue weighted by Crippen LogP contribution is 2.24. The molecule has 0 heterocycles. The van der Waals surface area contributed by atoms with Crippen molar-refractivity contribution in [1.82, 2.24) is 0 Å². The number of carbonyl (C=O) groups excluding carboxylic acids is 2. The normalized spacial score (nSPS) is 10.3. The first kappa shape index (κ1) is 17.3. The van der Waals surface area contributed by atoms with Crippen molar-refractivity contribution in [1.29, 1.82) is 0 Å². The molecular formula is C15H10F4N2O3. The van der Waals surface area contributed by atoms with E-state index in [-0.39, 0.29) is 11.6 Å². The number of halogens is 4. The summed E-state index contributed by atoms with van der Waals surface area (Å²) >= 11 is 0. The highest BCUT2D eigenvalue weighted by atomic mass is 19.2. The summed E-state index contributed by atoms with van der Waals surface area (Å²) in [4.78, 5) is 23.2. The fraction of sp³-hybridized carbons (Fsp3) is 0.0667. The number of amides is 1. The van der Waals surface area contributed by atoms with Gasteiger partial charge in [-0.15, -0.1) is 0 Å². The van der Waals surface area contributed by atoms with Gasteiger partial charge in [0.1, 0.15) is 5.69 Å². The zero-order valence-electron chi connectivity index (χ0n) is 11.9. The van der Waals surface area contributed by atoms with E-state index in [4.69, 9.17) is 5.73 Å². The number of esters is 1. The molecule has 0 spiro atoms. The monoisotopic (exact) mass is 342 g/mol. The fourth-order valence-electron chi connectivity index (χ4n) is 1.69. The molecule has 2 rings (SSSR count). The minimum atomic E-state index is -1.77. The molecule has 126 valence electrons. The number of ether oxygens (including phenoxy) is 1. The zero-order chi connectivity index (χ0) is 17.9. The van der Waals surface area contributed by atoms with E-state index in [1.807, 2.05) is 0 Å². The van der Waals surface area contributed by atoms with Gasteiger partial charge in [-0.1, -0.05) is 0 Å². The van der Waals surface area contributed by atoms with Gasteiger partial charge in [0.25, 0.3) is 5.91 Å². The Kier molecular flexibility index (Phi) is 5.02. The van der Waals surface area contributed by atoms with Gasteiger partial charge in [0.2, 0.25) is 0 Å². The van der Waals surface area contributed by atoms with Crippen LogP contribution in [0.3, 0.4) is 0 Å². The van der Waals surface area contributed by atoms with E-state index in [0.717, 1.165) is 0 Å². The van der Waals surface area contributed by atoms with E-state index < -0.39 is 47.4 Å². The van der Waals surface area contributed by atoms with Crippen LogP contribution < -0.4 is 11.1 Å². The summed E-state index contributed by atoms with van der Waals surface area (Å²) in [5.74, 6) is -8.97. The smallest absolute Gasteiger partial charge is 0.338 e. The molecule has 2 aromatic carbocycles. The lowest BCUT2D eigenvalue weighted by atomic mass is 10.2. The van der Waals surface area contributed by atoms with Crippen molar-refractivity contribution in [2.75, 3.05) is 17.7 Å². The topological polar surface area (TPSA) is 81.4 Å². The second-order valence-electron chi connectivity index (χ2n) is 4.59. The van der Waals surface area contributed by atoms with E-state index in [9.17, 15) is 27.2 Å². The van der Waals surface area contributed by atoms with Crippen LogP contribution in [0.5, 0.6) is 0 Å². The number of rotatable bonds is 4. The molecule has 2 aromatic rings. The van der Waals surface area contributed by atoms with Crippen LogP contribution in [0.15, 0.2) is 30.3 Å². The number of hydrogen-bond acceptors (Lipinski definition) is 4. The number of carbonyl (C=O) groups is 2. The largest absolute Gasteiger partial charge is 0.452 e. The molecule has 0 radical (unpaired) electrons.